The first-order valence-corrected chi connectivity index (χ1v) is 43.2. The molecule has 0 rings (SSSR count). The minimum atomic E-state index is -5.06. The van der Waals surface area contributed by atoms with Gasteiger partial charge in [0.2, 0.25) is 23.6 Å². The molecule has 6 N–H and O–H groups in total. The number of nitrogens with one attached hydrogen (secondary N) is 4. The van der Waals surface area contributed by atoms with Crippen molar-refractivity contribution in [3.8, 4) is 0 Å². The normalized spacial score (nSPS) is 13.8. The van der Waals surface area contributed by atoms with E-state index in [1.54, 1.807) is 0 Å². The zero-order valence-corrected chi connectivity index (χ0v) is 72.6. The molecule has 0 saturated heterocycles. The monoisotopic (exact) mass is 1630 g/mol. The maximum absolute atomic E-state index is 13.6. The Morgan fingerprint density at radius 1 is 0.364 bits per heavy atom. The van der Waals surface area contributed by atoms with Gasteiger partial charge in [-0.1, -0.05) is 257 Å². The molecule has 0 heterocycles. The number of hydrogen-bond acceptors (Lipinski definition) is 20. The van der Waals surface area contributed by atoms with E-state index in [2.05, 4.69) is 87.1 Å². The fraction of sp³-hybridized carbons (Fsp3) is 0.878. The summed E-state index contributed by atoms with van der Waals surface area (Å²) in [6.45, 7) is 9.66. The van der Waals surface area contributed by atoms with Crippen molar-refractivity contribution in [3.05, 3.63) is 24.3 Å². The van der Waals surface area contributed by atoms with Crippen LogP contribution < -0.4 is 90.2 Å². The molecular weight excluding hydrogens is 1470 g/mol. The zero-order valence-electron chi connectivity index (χ0n) is 66.8. The molecule has 0 aromatic heterocycles. The molecule has 0 bridgehead atoms. The number of aliphatic hydroxyl groups is 2. The van der Waals surface area contributed by atoms with Gasteiger partial charge in [-0.3, -0.25) is 37.9 Å². The average molecular weight is 1630 g/mol. The van der Waals surface area contributed by atoms with Crippen LogP contribution in [0.3, 0.4) is 0 Å². The standard InChI is InChI=1S/C77H146N4O20P2.5CH4.2Na/c1-7-13-19-25-27-29-31-37-43-49-76(88)100-70(47-41-35-23-17-11-5)59-74(86)80-66(62-94-55-51-68(82)45-39-33-21-15-9-3)64-98-102(90,91)96-57-53-78-72(84)61-73(85)79-54-58-97-103(92,93)99-65-67(63-95-56-52-69(83)46-40-34-22-16-10-4)81-75(87)60-71(48-42-36-24-18-12-6)101-77(89)50-44-38-32-30-28-26-20-14-8-2;;;;;;;/h29-32,66-71,82-83H,7-28,33-65H2,1-6H3,(H,78,84)(H,79,85)(H,80,86)(H,81,87)(H,90,91)(H,92,93);5*1H4;;/q;;;;;;2*+1/p-2/b31-29-,32-30-;;;;;;;/t66?,67?,68-,69-,70-,71-;;;;;;;/m1......./s1. The van der Waals surface area contributed by atoms with Gasteiger partial charge in [-0.25, -0.2) is 0 Å². The van der Waals surface area contributed by atoms with Gasteiger partial charge in [-0.2, -0.15) is 0 Å². The number of allylic oxidation sites excluding steroid dienone is 4. The van der Waals surface area contributed by atoms with Crippen LogP contribution in [0.4, 0.5) is 0 Å². The molecule has 4 amide bonds. The molecule has 0 aromatic carbocycles. The van der Waals surface area contributed by atoms with Crippen LogP contribution in [-0.4, -0.2) is 148 Å². The molecule has 4 unspecified atom stereocenters. The Bertz CT molecular complexity index is 2120. The summed E-state index contributed by atoms with van der Waals surface area (Å²) < 4.78 is 69.7. The summed E-state index contributed by atoms with van der Waals surface area (Å²) in [7, 11) is -10.1. The molecule has 0 aliphatic carbocycles. The summed E-state index contributed by atoms with van der Waals surface area (Å²) in [4.78, 5) is 105. The molecule has 8 atom stereocenters. The molecule has 0 spiro atoms. The van der Waals surface area contributed by atoms with E-state index < -0.39 is 121 Å². The third kappa shape index (κ3) is 84.3. The Kier molecular flexibility index (Phi) is 99.4. The molecular formula is C82H164N4Na2O20P2. The molecule has 0 saturated carbocycles. The summed E-state index contributed by atoms with van der Waals surface area (Å²) in [5.74, 6) is -3.44. The maximum Gasteiger partial charge on any atom is 1.00 e. The first-order chi connectivity index (χ1) is 49.7. The van der Waals surface area contributed by atoms with E-state index in [9.17, 15) is 57.9 Å². The average Bonchev–Trinajstić information content (AvgIpc) is 0.906. The van der Waals surface area contributed by atoms with Crippen molar-refractivity contribution < 1.29 is 154 Å². The maximum atomic E-state index is 13.6. The minimum absolute atomic E-state index is 0. The Morgan fingerprint density at radius 3 is 0.973 bits per heavy atom. The van der Waals surface area contributed by atoms with Gasteiger partial charge in [0.15, 0.2) is 0 Å². The molecule has 110 heavy (non-hydrogen) atoms. The van der Waals surface area contributed by atoms with Crippen molar-refractivity contribution in [1.29, 1.82) is 0 Å². The van der Waals surface area contributed by atoms with Crippen LogP contribution in [0.2, 0.25) is 0 Å². The van der Waals surface area contributed by atoms with Crippen molar-refractivity contribution in [2.45, 2.75) is 404 Å². The van der Waals surface area contributed by atoms with Crippen LogP contribution in [0.25, 0.3) is 0 Å². The number of hydrogen-bond donors (Lipinski definition) is 6. The van der Waals surface area contributed by atoms with E-state index in [-0.39, 0.29) is 161 Å². The number of aliphatic hydroxyl groups excluding tert-OH is 2. The van der Waals surface area contributed by atoms with E-state index in [4.69, 9.17) is 37.0 Å². The minimum Gasteiger partial charge on any atom is -0.756 e. The Hall–Kier alpha value is -1.64. The zero-order chi connectivity index (χ0) is 76.1. The molecule has 0 radical (unpaired) electrons. The van der Waals surface area contributed by atoms with Gasteiger partial charge in [0.25, 0.3) is 15.6 Å². The number of unbranched alkanes of at least 4 members (excludes halogenated alkanes) is 26. The van der Waals surface area contributed by atoms with E-state index >= 15 is 0 Å². The number of amides is 4. The topological polar surface area (TPSA) is 345 Å². The van der Waals surface area contributed by atoms with E-state index in [1.807, 2.05) is 0 Å². The van der Waals surface area contributed by atoms with Crippen LogP contribution in [-0.2, 0) is 74.9 Å². The van der Waals surface area contributed by atoms with Crippen LogP contribution in [0.5, 0.6) is 0 Å². The molecule has 0 aliphatic heterocycles. The van der Waals surface area contributed by atoms with Crippen molar-refractivity contribution in [2.24, 2.45) is 0 Å². The van der Waals surface area contributed by atoms with E-state index in [0.29, 0.717) is 51.4 Å². The first kappa shape index (κ1) is 124. The van der Waals surface area contributed by atoms with Crippen LogP contribution >= 0.6 is 15.6 Å². The predicted octanol–water partition coefficient (Wildman–Crippen LogP) is 11.7. The van der Waals surface area contributed by atoms with Crippen molar-refractivity contribution >= 4 is 51.2 Å². The second-order valence-corrected chi connectivity index (χ2v) is 30.3. The number of carbonyl (C=O) groups excluding carboxylic acids is 6. The summed E-state index contributed by atoms with van der Waals surface area (Å²) in [5.41, 5.74) is 0. The summed E-state index contributed by atoms with van der Waals surface area (Å²) in [6.07, 6.45) is 42.2. The first-order valence-electron chi connectivity index (χ1n) is 40.2. The van der Waals surface area contributed by atoms with Gasteiger partial charge in [0, 0.05) is 39.1 Å². The number of ether oxygens (including phenoxy) is 4. The molecule has 28 heteroatoms. The van der Waals surface area contributed by atoms with Gasteiger partial charge in [-0.15, -0.1) is 0 Å². The second-order valence-electron chi connectivity index (χ2n) is 27.5. The predicted molar refractivity (Wildman–Crippen MR) is 436 cm³/mol. The number of phosphoric acid groups is 2. The fourth-order valence-electron chi connectivity index (χ4n) is 11.2. The number of phosphoric ester groups is 2. The summed E-state index contributed by atoms with van der Waals surface area (Å²) in [5, 5.41) is 31.4. The molecule has 0 fully saturated rings. The van der Waals surface area contributed by atoms with Gasteiger partial charge in [0.05, 0.1) is 76.8 Å². The van der Waals surface area contributed by atoms with E-state index in [1.165, 1.54) is 38.5 Å². The Balaban J connectivity index is -0.00000248. The molecule has 0 aromatic rings. The van der Waals surface area contributed by atoms with Crippen LogP contribution in [0, 0.1) is 0 Å². The fourth-order valence-corrected chi connectivity index (χ4v) is 12.7. The van der Waals surface area contributed by atoms with Gasteiger partial charge < -0.3 is 78.3 Å². The van der Waals surface area contributed by atoms with E-state index in [0.717, 1.165) is 167 Å². The SMILES string of the molecule is C.C.C.C.C.CCCCCC/C=C\CCCC(=O)O[C@H](CCCCCCC)CC(=O)NC(COCC[C@H](O)CCCCCCC)COP(=O)([O-])OCCNC(=O)CC(=O)NCCOP(=O)([O-])OCC(COCC[C@H](O)CCCCCCC)NC(=O)C[C@@H](CCCCCCC)OC(=O)CCC/C=C\CCCCCC.[Na+].[Na+]. The smallest absolute Gasteiger partial charge is 0.756 e. The Labute approximate surface area is 715 Å². The summed E-state index contributed by atoms with van der Waals surface area (Å²) in [6, 6.07) is -2.01. The quantitative estimate of drug-likeness (QED) is 0.00822. The Morgan fingerprint density at radius 2 is 0.655 bits per heavy atom. The van der Waals surface area contributed by atoms with Gasteiger partial charge in [-0.05, 0) is 103 Å². The van der Waals surface area contributed by atoms with Gasteiger partial charge >= 0.3 is 71.1 Å². The third-order valence-corrected chi connectivity index (χ3v) is 19.3. The molecule has 644 valence electrons. The number of carbonyl (C=O) groups is 6. The van der Waals surface area contributed by atoms with Crippen molar-refractivity contribution in [2.75, 3.05) is 65.9 Å². The number of rotatable bonds is 76. The van der Waals surface area contributed by atoms with Gasteiger partial charge in [0.1, 0.15) is 18.6 Å². The molecule has 0 aliphatic rings. The summed E-state index contributed by atoms with van der Waals surface area (Å²) >= 11 is 0. The second kappa shape index (κ2) is 88.2. The largest absolute Gasteiger partial charge is 1.00 e. The van der Waals surface area contributed by atoms with Crippen molar-refractivity contribution in [3.63, 3.8) is 0 Å². The number of esters is 2. The molecule has 24 nitrogen and oxygen atoms in total. The van der Waals surface area contributed by atoms with Crippen molar-refractivity contribution in [1.82, 2.24) is 21.3 Å². The third-order valence-electron chi connectivity index (χ3n) is 17.3. The van der Waals surface area contributed by atoms with Crippen LogP contribution in [0.1, 0.15) is 368 Å². The van der Waals surface area contributed by atoms with Crippen LogP contribution in [0.15, 0.2) is 24.3 Å².